The number of carbonyl (C=O) groups is 1. The third-order valence-electron chi connectivity index (χ3n) is 2.88. The van der Waals surface area contributed by atoms with Crippen LogP contribution in [-0.2, 0) is 11.3 Å². The average Bonchev–Trinajstić information content (AvgIpc) is 2.75. The van der Waals surface area contributed by atoms with Crippen molar-refractivity contribution in [2.24, 2.45) is 0 Å². The highest BCUT2D eigenvalue weighted by atomic mass is 79.9. The summed E-state index contributed by atoms with van der Waals surface area (Å²) in [5.74, 6) is 0.0429. The van der Waals surface area contributed by atoms with E-state index in [0.717, 1.165) is 22.4 Å². The van der Waals surface area contributed by atoms with Crippen molar-refractivity contribution < 1.29 is 4.79 Å². The van der Waals surface area contributed by atoms with Crippen molar-refractivity contribution in [3.8, 4) is 0 Å². The van der Waals surface area contributed by atoms with E-state index in [0.29, 0.717) is 6.54 Å². The zero-order chi connectivity index (χ0) is 12.5. The fourth-order valence-electron chi connectivity index (χ4n) is 2.06. The Labute approximate surface area is 118 Å². The molecule has 0 unspecified atom stereocenters. The Morgan fingerprint density at radius 1 is 1.33 bits per heavy atom. The van der Waals surface area contributed by atoms with Crippen molar-refractivity contribution in [3.63, 3.8) is 0 Å². The molecule has 1 aromatic carbocycles. The monoisotopic (exact) mass is 322 g/mol. The van der Waals surface area contributed by atoms with Crippen LogP contribution in [-0.4, -0.2) is 12.5 Å². The highest BCUT2D eigenvalue weighted by Crippen LogP contribution is 2.32. The van der Waals surface area contributed by atoms with Crippen molar-refractivity contribution >= 4 is 44.5 Å². The Hall–Kier alpha value is -1.33. The number of nitrogens with one attached hydrogen (secondary N) is 1. The second-order valence-corrected chi connectivity index (χ2v) is 5.97. The number of hydrogen-bond donors (Lipinski definition) is 1. The molecule has 0 fully saturated rings. The Kier molecular flexibility index (Phi) is 3.09. The summed E-state index contributed by atoms with van der Waals surface area (Å²) in [6, 6.07) is 9.94. The van der Waals surface area contributed by atoms with Gasteiger partial charge in [0.2, 0.25) is 5.91 Å². The second kappa shape index (κ2) is 4.74. The molecule has 1 amide bonds. The highest BCUT2D eigenvalue weighted by Gasteiger charge is 2.22. The summed E-state index contributed by atoms with van der Waals surface area (Å²) >= 11 is 5.23. The van der Waals surface area contributed by atoms with E-state index in [1.54, 1.807) is 11.3 Å². The molecule has 1 aliphatic rings. The lowest BCUT2D eigenvalue weighted by atomic mass is 10.2. The lowest BCUT2D eigenvalue weighted by molar-refractivity contribution is -0.115. The molecule has 92 valence electrons. The summed E-state index contributed by atoms with van der Waals surface area (Å²) in [6.45, 7) is 1.16. The molecule has 3 rings (SSSR count). The molecule has 18 heavy (non-hydrogen) atoms. The summed E-state index contributed by atoms with van der Waals surface area (Å²) in [7, 11) is 0. The van der Waals surface area contributed by atoms with Crippen LogP contribution in [0.15, 0.2) is 40.2 Å². The Balaban J connectivity index is 1.93. The molecule has 0 radical (unpaired) electrons. The van der Waals surface area contributed by atoms with Gasteiger partial charge in [0.1, 0.15) is 0 Å². The van der Waals surface area contributed by atoms with Gasteiger partial charge in [0.05, 0.1) is 24.5 Å². The Bertz CT molecular complexity index is 596. The third-order valence-corrected chi connectivity index (χ3v) is 4.79. The Morgan fingerprint density at radius 3 is 2.94 bits per heavy atom. The van der Waals surface area contributed by atoms with Crippen molar-refractivity contribution in [1.29, 1.82) is 0 Å². The van der Waals surface area contributed by atoms with E-state index in [9.17, 15) is 4.79 Å². The fourth-order valence-corrected chi connectivity index (χ4v) is 3.55. The number of halogens is 1. The van der Waals surface area contributed by atoms with Gasteiger partial charge in [-0.25, -0.2) is 0 Å². The molecule has 2 aromatic rings. The van der Waals surface area contributed by atoms with E-state index in [-0.39, 0.29) is 5.91 Å². The van der Waals surface area contributed by atoms with Crippen LogP contribution in [0.1, 0.15) is 4.88 Å². The zero-order valence-electron chi connectivity index (χ0n) is 9.52. The maximum atomic E-state index is 11.7. The average molecular weight is 323 g/mol. The van der Waals surface area contributed by atoms with Gasteiger partial charge >= 0.3 is 0 Å². The summed E-state index contributed by atoms with van der Waals surface area (Å²) in [5, 5.41) is 4.95. The first kappa shape index (κ1) is 11.7. The number of hydrogen-bond acceptors (Lipinski definition) is 3. The third kappa shape index (κ3) is 2.15. The fraction of sp³-hybridized carbons (Fsp3) is 0.154. The number of rotatable bonds is 2. The molecule has 2 heterocycles. The van der Waals surface area contributed by atoms with Gasteiger partial charge in [-0.3, -0.25) is 4.79 Å². The second-order valence-electron chi connectivity index (χ2n) is 4.11. The largest absolute Gasteiger partial charge is 0.355 e. The summed E-state index contributed by atoms with van der Waals surface area (Å²) in [5.41, 5.74) is 1.97. The van der Waals surface area contributed by atoms with E-state index in [1.807, 2.05) is 30.3 Å². The number of carbonyl (C=O) groups excluding carboxylic acids is 1. The lowest BCUT2D eigenvalue weighted by Crippen LogP contribution is -2.37. The molecule has 0 aliphatic carbocycles. The minimum atomic E-state index is 0.0429. The molecular formula is C13H11BrN2OS. The van der Waals surface area contributed by atoms with Crippen LogP contribution in [0.5, 0.6) is 0 Å². The van der Waals surface area contributed by atoms with E-state index < -0.39 is 0 Å². The number of fused-ring (bicyclic) bond motifs is 1. The molecule has 0 saturated heterocycles. The molecule has 1 aliphatic heterocycles. The minimum Gasteiger partial charge on any atom is -0.355 e. The standard InChI is InChI=1S/C13H11BrN2OS/c14-9-5-6-18-12(9)7-16-8-13(17)15-10-3-1-2-4-11(10)16/h1-6H,7-8H2,(H,15,17). The molecular weight excluding hydrogens is 312 g/mol. The molecule has 0 saturated carbocycles. The number of nitrogens with zero attached hydrogens (tertiary/aromatic N) is 1. The van der Waals surface area contributed by atoms with E-state index in [1.165, 1.54) is 4.88 Å². The summed E-state index contributed by atoms with van der Waals surface area (Å²) < 4.78 is 1.11. The molecule has 0 bridgehead atoms. The number of para-hydroxylation sites is 2. The van der Waals surface area contributed by atoms with Gasteiger partial charge in [-0.1, -0.05) is 12.1 Å². The van der Waals surface area contributed by atoms with Gasteiger partial charge in [0, 0.05) is 9.35 Å². The van der Waals surface area contributed by atoms with Gasteiger partial charge in [-0.2, -0.15) is 0 Å². The number of benzene rings is 1. The van der Waals surface area contributed by atoms with Gasteiger partial charge < -0.3 is 10.2 Å². The topological polar surface area (TPSA) is 32.3 Å². The predicted molar refractivity (Wildman–Crippen MR) is 78.1 cm³/mol. The zero-order valence-corrected chi connectivity index (χ0v) is 11.9. The number of anilines is 2. The molecule has 3 nitrogen and oxygen atoms in total. The number of thiophene rings is 1. The SMILES string of the molecule is O=C1CN(Cc2sccc2Br)c2ccccc2N1. The van der Waals surface area contributed by atoms with Gasteiger partial charge in [-0.15, -0.1) is 11.3 Å². The summed E-state index contributed by atoms with van der Waals surface area (Å²) in [6.07, 6.45) is 0. The van der Waals surface area contributed by atoms with Crippen LogP contribution in [0.4, 0.5) is 11.4 Å². The first-order valence-corrected chi connectivity index (χ1v) is 7.27. The smallest absolute Gasteiger partial charge is 0.243 e. The molecule has 1 aromatic heterocycles. The highest BCUT2D eigenvalue weighted by molar-refractivity contribution is 9.10. The quantitative estimate of drug-likeness (QED) is 0.918. The van der Waals surface area contributed by atoms with Crippen LogP contribution in [0.2, 0.25) is 0 Å². The van der Waals surface area contributed by atoms with Crippen LogP contribution in [0, 0.1) is 0 Å². The van der Waals surface area contributed by atoms with E-state index in [4.69, 9.17) is 0 Å². The van der Waals surface area contributed by atoms with Crippen molar-refractivity contribution in [1.82, 2.24) is 0 Å². The van der Waals surface area contributed by atoms with Crippen molar-refractivity contribution in [2.45, 2.75) is 6.54 Å². The van der Waals surface area contributed by atoms with Gasteiger partial charge in [0.15, 0.2) is 0 Å². The van der Waals surface area contributed by atoms with Crippen LogP contribution in [0.25, 0.3) is 0 Å². The van der Waals surface area contributed by atoms with Crippen LogP contribution in [0.3, 0.4) is 0 Å². The molecule has 0 spiro atoms. The molecule has 0 atom stereocenters. The lowest BCUT2D eigenvalue weighted by Gasteiger charge is -2.30. The first-order chi connectivity index (χ1) is 8.74. The molecule has 5 heteroatoms. The van der Waals surface area contributed by atoms with E-state index in [2.05, 4.69) is 31.5 Å². The minimum absolute atomic E-state index is 0.0429. The first-order valence-electron chi connectivity index (χ1n) is 5.60. The number of amides is 1. The van der Waals surface area contributed by atoms with Gasteiger partial charge in [-0.05, 0) is 39.5 Å². The molecule has 1 N–H and O–H groups in total. The maximum absolute atomic E-state index is 11.7. The van der Waals surface area contributed by atoms with Gasteiger partial charge in [0.25, 0.3) is 0 Å². The predicted octanol–water partition coefficient (Wildman–Crippen LogP) is 3.47. The van der Waals surface area contributed by atoms with Crippen molar-refractivity contribution in [2.75, 3.05) is 16.8 Å². The normalized spacial score (nSPS) is 14.3. The maximum Gasteiger partial charge on any atom is 0.243 e. The van der Waals surface area contributed by atoms with Crippen LogP contribution < -0.4 is 10.2 Å². The Morgan fingerprint density at radius 2 is 2.17 bits per heavy atom. The van der Waals surface area contributed by atoms with Crippen LogP contribution >= 0.6 is 27.3 Å². The summed E-state index contributed by atoms with van der Waals surface area (Å²) in [4.78, 5) is 15.0. The van der Waals surface area contributed by atoms with Crippen molar-refractivity contribution in [3.05, 3.63) is 45.1 Å². The van der Waals surface area contributed by atoms with E-state index >= 15 is 0 Å².